The largest absolute Gasteiger partial charge is 0.378 e. The van der Waals surface area contributed by atoms with Crippen LogP contribution in [0.15, 0.2) is 0 Å². The summed E-state index contributed by atoms with van der Waals surface area (Å²) in [5, 5.41) is 0. The van der Waals surface area contributed by atoms with Crippen LogP contribution in [0.3, 0.4) is 0 Å². The fraction of sp³-hybridized carbons (Fsp3) is 1.00. The van der Waals surface area contributed by atoms with E-state index in [0.717, 1.165) is 18.4 Å². The average molecular weight is 213 g/mol. The van der Waals surface area contributed by atoms with E-state index in [-0.39, 0.29) is 0 Å². The SMILES string of the molecule is CCOC1CC(CC(N)CCC(C)C)C1. The molecular formula is C13H27NO. The fourth-order valence-electron chi connectivity index (χ4n) is 2.33. The zero-order valence-corrected chi connectivity index (χ0v) is 10.5. The van der Waals surface area contributed by atoms with Gasteiger partial charge in [-0.2, -0.15) is 0 Å². The molecule has 1 atom stereocenters. The Bertz CT molecular complexity index is 164. The number of hydrogen-bond acceptors (Lipinski definition) is 2. The molecule has 0 bridgehead atoms. The molecule has 0 aromatic carbocycles. The molecule has 1 aliphatic carbocycles. The van der Waals surface area contributed by atoms with Gasteiger partial charge in [-0.05, 0) is 50.9 Å². The van der Waals surface area contributed by atoms with Gasteiger partial charge in [0.2, 0.25) is 0 Å². The van der Waals surface area contributed by atoms with E-state index in [0.29, 0.717) is 12.1 Å². The minimum absolute atomic E-state index is 0.417. The van der Waals surface area contributed by atoms with Crippen LogP contribution >= 0.6 is 0 Å². The first-order valence-electron chi connectivity index (χ1n) is 6.49. The van der Waals surface area contributed by atoms with Crippen LogP contribution in [0.25, 0.3) is 0 Å². The Morgan fingerprint density at radius 2 is 1.93 bits per heavy atom. The molecule has 0 spiro atoms. The molecule has 1 fully saturated rings. The van der Waals surface area contributed by atoms with Gasteiger partial charge in [-0.1, -0.05) is 13.8 Å². The molecular weight excluding hydrogens is 186 g/mol. The Hall–Kier alpha value is -0.0800. The molecule has 1 unspecified atom stereocenters. The average Bonchev–Trinajstić information content (AvgIpc) is 2.11. The minimum atomic E-state index is 0.417. The van der Waals surface area contributed by atoms with Crippen molar-refractivity contribution >= 4 is 0 Å². The molecule has 0 saturated heterocycles. The maximum Gasteiger partial charge on any atom is 0.0580 e. The normalized spacial score (nSPS) is 27.8. The van der Waals surface area contributed by atoms with Gasteiger partial charge in [-0.15, -0.1) is 0 Å². The van der Waals surface area contributed by atoms with Crippen molar-refractivity contribution in [1.29, 1.82) is 0 Å². The molecule has 0 amide bonds. The number of rotatable bonds is 7. The minimum Gasteiger partial charge on any atom is -0.378 e. The third-order valence-electron chi connectivity index (χ3n) is 3.35. The lowest BCUT2D eigenvalue weighted by atomic mass is 9.77. The number of nitrogens with two attached hydrogens (primary N) is 1. The summed E-state index contributed by atoms with van der Waals surface area (Å²) in [5.41, 5.74) is 6.11. The summed E-state index contributed by atoms with van der Waals surface area (Å²) in [6.07, 6.45) is 6.68. The molecule has 0 aromatic heterocycles. The second-order valence-electron chi connectivity index (χ2n) is 5.38. The zero-order valence-electron chi connectivity index (χ0n) is 10.5. The quantitative estimate of drug-likeness (QED) is 0.705. The zero-order chi connectivity index (χ0) is 11.3. The lowest BCUT2D eigenvalue weighted by Gasteiger charge is -2.36. The van der Waals surface area contributed by atoms with Crippen LogP contribution in [0.2, 0.25) is 0 Å². The van der Waals surface area contributed by atoms with Crippen molar-refractivity contribution in [2.75, 3.05) is 6.61 Å². The van der Waals surface area contributed by atoms with Crippen LogP contribution in [0.5, 0.6) is 0 Å². The predicted molar refractivity (Wildman–Crippen MR) is 64.8 cm³/mol. The highest BCUT2D eigenvalue weighted by atomic mass is 16.5. The Labute approximate surface area is 94.6 Å². The van der Waals surface area contributed by atoms with Gasteiger partial charge in [0.15, 0.2) is 0 Å². The van der Waals surface area contributed by atoms with Crippen molar-refractivity contribution in [2.24, 2.45) is 17.6 Å². The summed E-state index contributed by atoms with van der Waals surface area (Å²) in [5.74, 6) is 1.62. The first kappa shape index (κ1) is 13.0. The molecule has 2 heteroatoms. The molecule has 0 heterocycles. The third-order valence-corrected chi connectivity index (χ3v) is 3.35. The topological polar surface area (TPSA) is 35.2 Å². The summed E-state index contributed by atoms with van der Waals surface area (Å²) in [4.78, 5) is 0. The summed E-state index contributed by atoms with van der Waals surface area (Å²) >= 11 is 0. The lowest BCUT2D eigenvalue weighted by molar-refractivity contribution is -0.0283. The predicted octanol–water partition coefficient (Wildman–Crippen LogP) is 2.96. The highest BCUT2D eigenvalue weighted by Crippen LogP contribution is 2.33. The summed E-state index contributed by atoms with van der Waals surface area (Å²) in [7, 11) is 0. The standard InChI is InChI=1S/C13H27NO/c1-4-15-13-8-11(9-13)7-12(14)6-5-10(2)3/h10-13H,4-9,14H2,1-3H3. The number of hydrogen-bond donors (Lipinski definition) is 1. The van der Waals surface area contributed by atoms with E-state index in [2.05, 4.69) is 20.8 Å². The first-order chi connectivity index (χ1) is 7.11. The van der Waals surface area contributed by atoms with Crippen LogP contribution in [-0.2, 0) is 4.74 Å². The van der Waals surface area contributed by atoms with E-state index >= 15 is 0 Å². The van der Waals surface area contributed by atoms with Crippen LogP contribution < -0.4 is 5.73 Å². The van der Waals surface area contributed by atoms with Gasteiger partial charge in [0.1, 0.15) is 0 Å². The van der Waals surface area contributed by atoms with Crippen molar-refractivity contribution in [1.82, 2.24) is 0 Å². The van der Waals surface area contributed by atoms with Gasteiger partial charge in [-0.3, -0.25) is 0 Å². The van der Waals surface area contributed by atoms with Crippen molar-refractivity contribution in [3.8, 4) is 0 Å². The molecule has 15 heavy (non-hydrogen) atoms. The number of ether oxygens (including phenoxy) is 1. The lowest BCUT2D eigenvalue weighted by Crippen LogP contribution is -2.35. The molecule has 1 aliphatic rings. The van der Waals surface area contributed by atoms with E-state index in [9.17, 15) is 0 Å². The van der Waals surface area contributed by atoms with Crippen LogP contribution in [0.4, 0.5) is 0 Å². The Balaban J connectivity index is 2.00. The van der Waals surface area contributed by atoms with E-state index < -0.39 is 0 Å². The van der Waals surface area contributed by atoms with E-state index in [1.165, 1.54) is 32.1 Å². The maximum absolute atomic E-state index is 6.11. The van der Waals surface area contributed by atoms with E-state index in [4.69, 9.17) is 10.5 Å². The second kappa shape index (κ2) is 6.49. The molecule has 0 aliphatic heterocycles. The summed E-state index contributed by atoms with van der Waals surface area (Å²) < 4.78 is 5.55. The van der Waals surface area contributed by atoms with Gasteiger partial charge < -0.3 is 10.5 Å². The monoisotopic (exact) mass is 213 g/mol. The molecule has 90 valence electrons. The van der Waals surface area contributed by atoms with Gasteiger partial charge >= 0.3 is 0 Å². The molecule has 1 saturated carbocycles. The molecule has 1 rings (SSSR count). The summed E-state index contributed by atoms with van der Waals surface area (Å²) in [6, 6.07) is 0.417. The van der Waals surface area contributed by atoms with Gasteiger partial charge in [0, 0.05) is 12.6 Å². The maximum atomic E-state index is 6.11. The van der Waals surface area contributed by atoms with Crippen molar-refractivity contribution < 1.29 is 4.74 Å². The summed E-state index contributed by atoms with van der Waals surface area (Å²) in [6.45, 7) is 7.46. The highest BCUT2D eigenvalue weighted by Gasteiger charge is 2.30. The van der Waals surface area contributed by atoms with Gasteiger partial charge in [-0.25, -0.2) is 0 Å². The highest BCUT2D eigenvalue weighted by molar-refractivity contribution is 4.83. The molecule has 0 aromatic rings. The van der Waals surface area contributed by atoms with Crippen molar-refractivity contribution in [3.63, 3.8) is 0 Å². The fourth-order valence-corrected chi connectivity index (χ4v) is 2.33. The van der Waals surface area contributed by atoms with Crippen LogP contribution in [0, 0.1) is 11.8 Å². The Kier molecular flexibility index (Phi) is 5.62. The Morgan fingerprint density at radius 1 is 1.27 bits per heavy atom. The molecule has 2 nitrogen and oxygen atoms in total. The van der Waals surface area contributed by atoms with Gasteiger partial charge in [0.25, 0.3) is 0 Å². The third kappa shape index (κ3) is 4.98. The van der Waals surface area contributed by atoms with Crippen molar-refractivity contribution in [2.45, 2.75) is 65.0 Å². The first-order valence-corrected chi connectivity index (χ1v) is 6.49. The van der Waals surface area contributed by atoms with Crippen LogP contribution in [0.1, 0.15) is 52.9 Å². The molecule has 2 N–H and O–H groups in total. The van der Waals surface area contributed by atoms with E-state index in [1.54, 1.807) is 0 Å². The van der Waals surface area contributed by atoms with Gasteiger partial charge in [0.05, 0.1) is 6.10 Å². The molecule has 0 radical (unpaired) electrons. The van der Waals surface area contributed by atoms with Crippen LogP contribution in [-0.4, -0.2) is 18.8 Å². The Morgan fingerprint density at radius 3 is 2.47 bits per heavy atom. The van der Waals surface area contributed by atoms with Crippen molar-refractivity contribution in [3.05, 3.63) is 0 Å². The smallest absolute Gasteiger partial charge is 0.0580 e. The second-order valence-corrected chi connectivity index (χ2v) is 5.38. The van der Waals surface area contributed by atoms with E-state index in [1.807, 2.05) is 0 Å².